The van der Waals surface area contributed by atoms with Crippen LogP contribution in [0.4, 0.5) is 10.1 Å². The van der Waals surface area contributed by atoms with Crippen molar-refractivity contribution >= 4 is 24.2 Å². The van der Waals surface area contributed by atoms with Crippen LogP contribution >= 0.6 is 12.6 Å². The number of amides is 1. The van der Waals surface area contributed by atoms with Gasteiger partial charge >= 0.3 is 0 Å². The summed E-state index contributed by atoms with van der Waals surface area (Å²) < 4.78 is 12.9. The molecule has 0 aliphatic heterocycles. The molecule has 19 heavy (non-hydrogen) atoms. The van der Waals surface area contributed by atoms with Gasteiger partial charge in [-0.3, -0.25) is 4.79 Å². The van der Waals surface area contributed by atoms with E-state index in [-0.39, 0.29) is 11.7 Å². The normalized spacial score (nSPS) is 10.3. The maximum Gasteiger partial charge on any atom is 0.258 e. The van der Waals surface area contributed by atoms with Gasteiger partial charge in [-0.15, -0.1) is 12.6 Å². The third-order valence-electron chi connectivity index (χ3n) is 2.81. The van der Waals surface area contributed by atoms with Crippen molar-refractivity contribution in [1.29, 1.82) is 0 Å². The van der Waals surface area contributed by atoms with Crippen LogP contribution in [-0.2, 0) is 0 Å². The smallest absolute Gasteiger partial charge is 0.258 e. The predicted molar refractivity (Wildman–Crippen MR) is 77.4 cm³/mol. The van der Waals surface area contributed by atoms with E-state index in [1.165, 1.54) is 12.1 Å². The molecule has 0 aliphatic carbocycles. The highest BCUT2D eigenvalue weighted by molar-refractivity contribution is 7.80. The van der Waals surface area contributed by atoms with Crippen LogP contribution in [0, 0.1) is 5.82 Å². The molecule has 0 atom stereocenters. The zero-order valence-electron chi connectivity index (χ0n) is 10.5. The molecule has 0 saturated carbocycles. The predicted octanol–water partition coefficient (Wildman–Crippen LogP) is 3.78. The summed E-state index contributed by atoms with van der Waals surface area (Å²) in [6, 6.07) is 12.9. The van der Waals surface area contributed by atoms with Crippen molar-refractivity contribution in [3.8, 4) is 0 Å². The summed E-state index contributed by atoms with van der Waals surface area (Å²) in [4.78, 5) is 14.8. The average molecular weight is 275 g/mol. The van der Waals surface area contributed by atoms with Gasteiger partial charge in [-0.05, 0) is 55.5 Å². The monoisotopic (exact) mass is 275 g/mol. The number of halogens is 1. The van der Waals surface area contributed by atoms with Gasteiger partial charge in [-0.25, -0.2) is 4.39 Å². The Balaban J connectivity index is 2.29. The van der Waals surface area contributed by atoms with Gasteiger partial charge in [0.1, 0.15) is 5.82 Å². The van der Waals surface area contributed by atoms with Crippen molar-refractivity contribution in [3.05, 3.63) is 59.9 Å². The quantitative estimate of drug-likeness (QED) is 0.845. The highest BCUT2D eigenvalue weighted by atomic mass is 32.1. The molecule has 2 aromatic rings. The number of nitrogens with zero attached hydrogens (tertiary/aromatic N) is 1. The molecule has 0 bridgehead atoms. The summed E-state index contributed by atoms with van der Waals surface area (Å²) in [6.07, 6.45) is 0. The number of thiol groups is 1. The lowest BCUT2D eigenvalue weighted by Crippen LogP contribution is -2.30. The van der Waals surface area contributed by atoms with E-state index in [0.29, 0.717) is 17.8 Å². The summed E-state index contributed by atoms with van der Waals surface area (Å²) in [7, 11) is 0. The highest BCUT2D eigenvalue weighted by Gasteiger charge is 2.15. The van der Waals surface area contributed by atoms with Crippen molar-refractivity contribution in [2.75, 3.05) is 11.4 Å². The fourth-order valence-corrected chi connectivity index (χ4v) is 1.97. The van der Waals surface area contributed by atoms with Gasteiger partial charge < -0.3 is 4.90 Å². The van der Waals surface area contributed by atoms with E-state index < -0.39 is 0 Å². The molecule has 4 heteroatoms. The molecule has 0 fully saturated rings. The fourth-order valence-electron chi connectivity index (χ4n) is 1.82. The summed E-state index contributed by atoms with van der Waals surface area (Å²) >= 11 is 4.19. The van der Waals surface area contributed by atoms with E-state index in [1.807, 2.05) is 6.92 Å². The largest absolute Gasteiger partial charge is 0.309 e. The lowest BCUT2D eigenvalue weighted by Gasteiger charge is -2.21. The Morgan fingerprint density at radius 1 is 1.11 bits per heavy atom. The topological polar surface area (TPSA) is 20.3 Å². The summed E-state index contributed by atoms with van der Waals surface area (Å²) in [5.74, 6) is -0.422. The zero-order valence-corrected chi connectivity index (χ0v) is 11.4. The van der Waals surface area contributed by atoms with Crippen molar-refractivity contribution in [2.24, 2.45) is 0 Å². The third-order valence-corrected chi connectivity index (χ3v) is 3.11. The first-order valence-electron chi connectivity index (χ1n) is 5.98. The van der Waals surface area contributed by atoms with Gasteiger partial charge in [0.05, 0.1) is 0 Å². The minimum atomic E-state index is -0.313. The molecule has 2 aromatic carbocycles. The van der Waals surface area contributed by atoms with Crippen LogP contribution in [-0.4, -0.2) is 12.5 Å². The van der Waals surface area contributed by atoms with Crippen LogP contribution in [0.15, 0.2) is 53.4 Å². The summed E-state index contributed by atoms with van der Waals surface area (Å²) in [5.41, 5.74) is 1.27. The van der Waals surface area contributed by atoms with Crippen LogP contribution in [0.5, 0.6) is 0 Å². The van der Waals surface area contributed by atoms with Gasteiger partial charge in [0.2, 0.25) is 0 Å². The molecular formula is C15H14FNOS. The molecule has 1 amide bonds. The Morgan fingerprint density at radius 2 is 1.68 bits per heavy atom. The third kappa shape index (κ3) is 3.15. The van der Waals surface area contributed by atoms with Gasteiger partial charge in [0, 0.05) is 22.7 Å². The van der Waals surface area contributed by atoms with Gasteiger partial charge in [-0.1, -0.05) is 0 Å². The lowest BCUT2D eigenvalue weighted by atomic mass is 10.2. The van der Waals surface area contributed by atoms with E-state index in [1.54, 1.807) is 41.3 Å². The Bertz CT molecular complexity index is 566. The Hall–Kier alpha value is -1.81. The van der Waals surface area contributed by atoms with Crippen LogP contribution in [0.25, 0.3) is 0 Å². The maximum absolute atomic E-state index is 12.9. The molecule has 0 aliphatic rings. The first-order chi connectivity index (χ1) is 9.11. The number of anilines is 1. The highest BCUT2D eigenvalue weighted by Crippen LogP contribution is 2.18. The van der Waals surface area contributed by atoms with E-state index >= 15 is 0 Å². The second-order valence-electron chi connectivity index (χ2n) is 4.07. The van der Waals surface area contributed by atoms with Crippen LogP contribution < -0.4 is 4.90 Å². The second kappa shape index (κ2) is 5.89. The van der Waals surface area contributed by atoms with Gasteiger partial charge in [-0.2, -0.15) is 0 Å². The molecule has 0 spiro atoms. The SMILES string of the molecule is CCN(C(=O)c1ccc(S)cc1)c1ccc(F)cc1. The number of hydrogen-bond donors (Lipinski definition) is 1. The minimum absolute atomic E-state index is 0.109. The second-order valence-corrected chi connectivity index (χ2v) is 4.59. The number of benzene rings is 2. The molecule has 2 nitrogen and oxygen atoms in total. The summed E-state index contributed by atoms with van der Waals surface area (Å²) in [5, 5.41) is 0. The molecule has 0 radical (unpaired) electrons. The average Bonchev–Trinajstić information content (AvgIpc) is 2.42. The van der Waals surface area contributed by atoms with Gasteiger partial charge in [0.15, 0.2) is 0 Å². The molecule has 0 N–H and O–H groups in total. The van der Waals surface area contributed by atoms with Crippen molar-refractivity contribution in [3.63, 3.8) is 0 Å². The first-order valence-corrected chi connectivity index (χ1v) is 6.43. The van der Waals surface area contributed by atoms with E-state index in [4.69, 9.17) is 0 Å². The summed E-state index contributed by atoms with van der Waals surface area (Å²) in [6.45, 7) is 2.40. The van der Waals surface area contributed by atoms with Crippen LogP contribution in [0.3, 0.4) is 0 Å². The fraction of sp³-hybridized carbons (Fsp3) is 0.133. The number of carbonyl (C=O) groups excluding carboxylic acids is 1. The Labute approximate surface area is 117 Å². The molecule has 0 unspecified atom stereocenters. The zero-order chi connectivity index (χ0) is 13.8. The maximum atomic E-state index is 12.9. The lowest BCUT2D eigenvalue weighted by molar-refractivity contribution is 0.0988. The van der Waals surface area contributed by atoms with E-state index in [9.17, 15) is 9.18 Å². The van der Waals surface area contributed by atoms with Crippen LogP contribution in [0.2, 0.25) is 0 Å². The Morgan fingerprint density at radius 3 is 2.21 bits per heavy atom. The molecule has 98 valence electrons. The van der Waals surface area contributed by atoms with E-state index in [2.05, 4.69) is 12.6 Å². The van der Waals surface area contributed by atoms with Crippen molar-refractivity contribution < 1.29 is 9.18 Å². The Kier molecular flexibility index (Phi) is 4.22. The van der Waals surface area contributed by atoms with Gasteiger partial charge in [0.25, 0.3) is 5.91 Å². The molecular weight excluding hydrogens is 261 g/mol. The molecule has 0 heterocycles. The number of hydrogen-bond acceptors (Lipinski definition) is 2. The molecule has 0 saturated heterocycles. The number of rotatable bonds is 3. The first kappa shape index (κ1) is 13.6. The molecule has 2 rings (SSSR count). The molecule has 0 aromatic heterocycles. The minimum Gasteiger partial charge on any atom is -0.309 e. The van der Waals surface area contributed by atoms with Crippen molar-refractivity contribution in [1.82, 2.24) is 0 Å². The van der Waals surface area contributed by atoms with Crippen LogP contribution in [0.1, 0.15) is 17.3 Å². The standard InChI is InChI=1S/C15H14FNOS/c1-2-17(13-7-5-12(16)6-8-13)15(18)11-3-9-14(19)10-4-11/h3-10,19H,2H2,1H3. The number of carbonyl (C=O) groups is 1. The van der Waals surface area contributed by atoms with E-state index in [0.717, 1.165) is 4.90 Å². The van der Waals surface area contributed by atoms with Crippen molar-refractivity contribution in [2.45, 2.75) is 11.8 Å².